The quantitative estimate of drug-likeness (QED) is 0.400. The first-order valence-electron chi connectivity index (χ1n) is 8.55. The van der Waals surface area contributed by atoms with Crippen LogP contribution in [0.2, 0.25) is 0 Å². The van der Waals surface area contributed by atoms with Gasteiger partial charge in [0.15, 0.2) is 0 Å². The van der Waals surface area contributed by atoms with E-state index in [0.29, 0.717) is 6.61 Å². The molecule has 0 amide bonds. The minimum absolute atomic E-state index is 0.0395. The van der Waals surface area contributed by atoms with Crippen molar-refractivity contribution in [2.45, 2.75) is 76.3 Å². The van der Waals surface area contributed by atoms with Gasteiger partial charge in [-0.3, -0.25) is 0 Å². The third-order valence-corrected chi connectivity index (χ3v) is 3.92. The van der Waals surface area contributed by atoms with Crippen molar-refractivity contribution in [2.75, 3.05) is 19.8 Å². The lowest BCUT2D eigenvalue weighted by atomic mass is 10.0. The lowest BCUT2D eigenvalue weighted by molar-refractivity contribution is -0.199. The van der Waals surface area contributed by atoms with Crippen LogP contribution < -0.4 is 0 Å². The number of hydrogen-bond acceptors (Lipinski definition) is 5. The summed E-state index contributed by atoms with van der Waals surface area (Å²) in [5.74, 6) is 0. The number of unbranched alkanes of at least 4 members (excludes halogenated alkanes) is 5. The fourth-order valence-corrected chi connectivity index (χ4v) is 2.44. The Morgan fingerprint density at radius 2 is 1.73 bits per heavy atom. The highest BCUT2D eigenvalue weighted by Gasteiger charge is 2.37. The number of rotatable bonds is 11. The van der Waals surface area contributed by atoms with E-state index >= 15 is 0 Å². The van der Waals surface area contributed by atoms with E-state index in [0.717, 1.165) is 19.3 Å². The molecule has 5 heteroatoms. The summed E-state index contributed by atoms with van der Waals surface area (Å²) in [7, 11) is 0. The second-order valence-electron chi connectivity index (χ2n) is 5.96. The number of allylic oxidation sites excluding steroid dienone is 2. The topological polar surface area (TPSA) is 79.2 Å². The smallest absolute Gasteiger partial charge is 0.111 e. The predicted octanol–water partition coefficient (Wildman–Crippen LogP) is 1.79. The molecule has 0 bridgehead atoms. The number of aliphatic hydroxyl groups is 3. The molecule has 1 aliphatic heterocycles. The van der Waals surface area contributed by atoms with Gasteiger partial charge in [-0.25, -0.2) is 0 Å². The molecule has 5 nitrogen and oxygen atoms in total. The highest BCUT2D eigenvalue weighted by molar-refractivity contribution is 4.86. The lowest BCUT2D eigenvalue weighted by Crippen LogP contribution is -2.54. The maximum Gasteiger partial charge on any atom is 0.111 e. The van der Waals surface area contributed by atoms with Gasteiger partial charge in [-0.05, 0) is 25.7 Å². The van der Waals surface area contributed by atoms with Crippen LogP contribution in [0.15, 0.2) is 12.2 Å². The molecule has 0 aliphatic carbocycles. The summed E-state index contributed by atoms with van der Waals surface area (Å²) < 4.78 is 10.8. The Labute approximate surface area is 133 Å². The van der Waals surface area contributed by atoms with E-state index in [9.17, 15) is 15.3 Å². The summed E-state index contributed by atoms with van der Waals surface area (Å²) in [6, 6.07) is 0. The van der Waals surface area contributed by atoms with Gasteiger partial charge in [-0.15, -0.1) is 0 Å². The van der Waals surface area contributed by atoms with Gasteiger partial charge in [0, 0.05) is 6.61 Å². The molecule has 1 saturated heterocycles. The minimum atomic E-state index is -1.15. The van der Waals surface area contributed by atoms with E-state index in [-0.39, 0.29) is 13.2 Å². The van der Waals surface area contributed by atoms with Crippen molar-refractivity contribution in [3.05, 3.63) is 12.2 Å². The first kappa shape index (κ1) is 19.6. The van der Waals surface area contributed by atoms with E-state index < -0.39 is 24.4 Å². The van der Waals surface area contributed by atoms with Crippen LogP contribution in [0.4, 0.5) is 0 Å². The van der Waals surface area contributed by atoms with Crippen LogP contribution in [0.3, 0.4) is 0 Å². The van der Waals surface area contributed by atoms with Crippen molar-refractivity contribution in [3.63, 3.8) is 0 Å². The van der Waals surface area contributed by atoms with Crippen molar-refractivity contribution in [2.24, 2.45) is 0 Å². The standard InChI is InChI=1S/C17H32O5/c1-2-3-4-5-6-7-8-9-10-11-21-13-15-17(20)16(19)14(18)12-22-15/h4-5,14-20H,2-3,6-13H2,1H3/b5-4+/t14-,15+,16+,17+/m1/s1. The first-order valence-corrected chi connectivity index (χ1v) is 8.55. The summed E-state index contributed by atoms with van der Waals surface area (Å²) in [6.45, 7) is 3.12. The maximum atomic E-state index is 9.75. The number of ether oxygens (including phenoxy) is 2. The first-order chi connectivity index (χ1) is 10.7. The van der Waals surface area contributed by atoms with E-state index in [4.69, 9.17) is 9.47 Å². The molecular formula is C17H32O5. The van der Waals surface area contributed by atoms with Crippen LogP contribution in [-0.4, -0.2) is 59.6 Å². The molecule has 1 fully saturated rings. The molecule has 0 aromatic rings. The van der Waals surface area contributed by atoms with Gasteiger partial charge in [0.2, 0.25) is 0 Å². The molecule has 4 atom stereocenters. The average molecular weight is 316 g/mol. The molecule has 130 valence electrons. The largest absolute Gasteiger partial charge is 0.388 e. The second kappa shape index (κ2) is 12.0. The Kier molecular flexibility index (Phi) is 10.7. The molecule has 3 N–H and O–H groups in total. The summed E-state index contributed by atoms with van der Waals surface area (Å²) in [6.07, 6.45) is 8.81. The van der Waals surface area contributed by atoms with Gasteiger partial charge >= 0.3 is 0 Å². The van der Waals surface area contributed by atoms with Crippen molar-refractivity contribution < 1.29 is 24.8 Å². The fraction of sp³-hybridized carbons (Fsp3) is 0.882. The molecular weight excluding hydrogens is 284 g/mol. The molecule has 0 radical (unpaired) electrons. The van der Waals surface area contributed by atoms with Crippen molar-refractivity contribution in [3.8, 4) is 0 Å². The van der Waals surface area contributed by atoms with Crippen LogP contribution in [-0.2, 0) is 9.47 Å². The van der Waals surface area contributed by atoms with Crippen LogP contribution in [0.25, 0.3) is 0 Å². The van der Waals surface area contributed by atoms with Crippen molar-refractivity contribution in [1.82, 2.24) is 0 Å². The third kappa shape index (κ3) is 7.70. The monoisotopic (exact) mass is 316 g/mol. The highest BCUT2D eigenvalue weighted by atomic mass is 16.6. The van der Waals surface area contributed by atoms with Crippen LogP contribution >= 0.6 is 0 Å². The maximum absolute atomic E-state index is 9.75. The molecule has 1 rings (SSSR count). The highest BCUT2D eigenvalue weighted by Crippen LogP contribution is 2.16. The Hall–Kier alpha value is -0.460. The number of aliphatic hydroxyl groups excluding tert-OH is 3. The molecule has 0 aromatic heterocycles. The normalized spacial score (nSPS) is 29.3. The van der Waals surface area contributed by atoms with Gasteiger partial charge in [-0.1, -0.05) is 38.3 Å². The van der Waals surface area contributed by atoms with Gasteiger partial charge in [-0.2, -0.15) is 0 Å². The van der Waals surface area contributed by atoms with Gasteiger partial charge in [0.05, 0.1) is 13.2 Å². The zero-order chi connectivity index (χ0) is 16.2. The fourth-order valence-electron chi connectivity index (χ4n) is 2.44. The van der Waals surface area contributed by atoms with Gasteiger partial charge in [0.1, 0.15) is 24.4 Å². The molecule has 1 heterocycles. The molecule has 1 aliphatic rings. The summed E-state index contributed by atoms with van der Waals surface area (Å²) in [5.41, 5.74) is 0. The molecule has 0 spiro atoms. The van der Waals surface area contributed by atoms with Gasteiger partial charge in [0.25, 0.3) is 0 Å². The Bertz CT molecular complexity index is 295. The Balaban J connectivity index is 1.93. The molecule has 0 unspecified atom stereocenters. The Morgan fingerprint density at radius 1 is 1.00 bits per heavy atom. The number of hydrogen-bond donors (Lipinski definition) is 3. The third-order valence-electron chi connectivity index (χ3n) is 3.92. The summed E-state index contributed by atoms with van der Waals surface area (Å²) in [5, 5.41) is 28.6. The SMILES string of the molecule is CCC/C=C/CCCCCCOC[C@@H]1OC[C@@H](O)[C@H](O)[C@H]1O. The zero-order valence-electron chi connectivity index (χ0n) is 13.7. The van der Waals surface area contributed by atoms with E-state index in [1.807, 2.05) is 0 Å². The molecule has 0 aromatic carbocycles. The lowest BCUT2D eigenvalue weighted by Gasteiger charge is -2.35. The van der Waals surface area contributed by atoms with Gasteiger partial charge < -0.3 is 24.8 Å². The molecule has 22 heavy (non-hydrogen) atoms. The van der Waals surface area contributed by atoms with Crippen molar-refractivity contribution in [1.29, 1.82) is 0 Å². The second-order valence-corrected chi connectivity index (χ2v) is 5.96. The average Bonchev–Trinajstić information content (AvgIpc) is 2.52. The van der Waals surface area contributed by atoms with Crippen LogP contribution in [0, 0.1) is 0 Å². The summed E-state index contributed by atoms with van der Waals surface area (Å²) >= 11 is 0. The minimum Gasteiger partial charge on any atom is -0.388 e. The van der Waals surface area contributed by atoms with Crippen molar-refractivity contribution >= 4 is 0 Å². The van der Waals surface area contributed by atoms with E-state index in [1.165, 1.54) is 25.7 Å². The zero-order valence-corrected chi connectivity index (χ0v) is 13.7. The van der Waals surface area contributed by atoms with Crippen LogP contribution in [0.5, 0.6) is 0 Å². The van der Waals surface area contributed by atoms with E-state index in [2.05, 4.69) is 19.1 Å². The van der Waals surface area contributed by atoms with E-state index in [1.54, 1.807) is 0 Å². The van der Waals surface area contributed by atoms with Crippen LogP contribution in [0.1, 0.15) is 51.9 Å². The summed E-state index contributed by atoms with van der Waals surface area (Å²) in [4.78, 5) is 0. The Morgan fingerprint density at radius 3 is 2.50 bits per heavy atom. The molecule has 0 saturated carbocycles. The predicted molar refractivity (Wildman–Crippen MR) is 85.7 cm³/mol.